The number of aryl methyl sites for hydroxylation is 1. The Labute approximate surface area is 218 Å². The van der Waals surface area contributed by atoms with Crippen LogP contribution in [0.2, 0.25) is 0 Å². The van der Waals surface area contributed by atoms with Gasteiger partial charge in [0.2, 0.25) is 0 Å². The van der Waals surface area contributed by atoms with E-state index < -0.39 is 11.9 Å². The van der Waals surface area contributed by atoms with Crippen LogP contribution in [0, 0.1) is 25.4 Å². The van der Waals surface area contributed by atoms with E-state index in [-0.39, 0.29) is 17.7 Å². The number of hydrogen-bond acceptors (Lipinski definition) is 4. The second-order valence-electron chi connectivity index (χ2n) is 7.10. The largest absolute Gasteiger partial charge is 0.487 e. The summed E-state index contributed by atoms with van der Waals surface area (Å²) in [4.78, 5) is 23.5. The lowest BCUT2D eigenvalue weighted by molar-refractivity contribution is -0.112. The Kier molecular flexibility index (Phi) is 8.46. The molecule has 0 bridgehead atoms. The average molecular weight is 664 g/mol. The van der Waals surface area contributed by atoms with Crippen molar-refractivity contribution in [3.05, 3.63) is 95.6 Å². The number of hydrogen-bond donors (Lipinski definition) is 2. The van der Waals surface area contributed by atoms with Crippen LogP contribution in [-0.2, 0) is 11.4 Å². The number of carboxylic acids is 1. The molecule has 3 aromatic rings. The molecule has 0 unspecified atom stereocenters. The highest BCUT2D eigenvalue weighted by atomic mass is 127. The minimum absolute atomic E-state index is 0.00436. The van der Waals surface area contributed by atoms with E-state index in [0.29, 0.717) is 17.0 Å². The summed E-state index contributed by atoms with van der Waals surface area (Å²) >= 11 is 4.29. The molecule has 0 aromatic heterocycles. The third-order valence-electron chi connectivity index (χ3n) is 4.56. The van der Waals surface area contributed by atoms with Crippen molar-refractivity contribution >= 4 is 68.8 Å². The van der Waals surface area contributed by atoms with Gasteiger partial charge in [-0.3, -0.25) is 4.79 Å². The van der Waals surface area contributed by atoms with Gasteiger partial charge >= 0.3 is 5.97 Å². The minimum atomic E-state index is -0.973. The van der Waals surface area contributed by atoms with Gasteiger partial charge in [-0.2, -0.15) is 5.26 Å². The second kappa shape index (κ2) is 11.3. The third kappa shape index (κ3) is 6.79. The fourth-order valence-electron chi connectivity index (χ4n) is 2.94. The van der Waals surface area contributed by atoms with E-state index in [1.807, 2.05) is 43.3 Å². The topological polar surface area (TPSA) is 99.4 Å². The van der Waals surface area contributed by atoms with Gasteiger partial charge in [0.1, 0.15) is 24.0 Å². The van der Waals surface area contributed by atoms with Gasteiger partial charge in [0.25, 0.3) is 5.91 Å². The lowest BCUT2D eigenvalue weighted by atomic mass is 10.1. The van der Waals surface area contributed by atoms with E-state index in [4.69, 9.17) is 9.84 Å². The Morgan fingerprint density at radius 1 is 1.09 bits per heavy atom. The van der Waals surface area contributed by atoms with Crippen molar-refractivity contribution in [3.8, 4) is 11.8 Å². The molecule has 0 spiro atoms. The van der Waals surface area contributed by atoms with E-state index in [9.17, 15) is 14.9 Å². The number of nitriles is 1. The van der Waals surface area contributed by atoms with Gasteiger partial charge in [-0.1, -0.05) is 24.3 Å². The quantitative estimate of drug-likeness (QED) is 0.183. The van der Waals surface area contributed by atoms with E-state index in [1.165, 1.54) is 12.1 Å². The first-order valence-electron chi connectivity index (χ1n) is 9.70. The van der Waals surface area contributed by atoms with E-state index in [1.54, 1.807) is 24.3 Å². The molecular formula is C25H18I2N2O4. The summed E-state index contributed by atoms with van der Waals surface area (Å²) < 4.78 is 7.60. The predicted molar refractivity (Wildman–Crippen MR) is 143 cm³/mol. The lowest BCUT2D eigenvalue weighted by Gasteiger charge is -2.12. The molecule has 8 heteroatoms. The number of carbonyl (C=O) groups excluding carboxylic acids is 1. The number of carbonyl (C=O) groups is 2. The van der Waals surface area contributed by atoms with Gasteiger partial charge in [0.15, 0.2) is 0 Å². The van der Waals surface area contributed by atoms with Gasteiger partial charge in [-0.25, -0.2) is 4.79 Å². The van der Waals surface area contributed by atoms with E-state index in [2.05, 4.69) is 50.5 Å². The first kappa shape index (κ1) is 24.7. The van der Waals surface area contributed by atoms with Gasteiger partial charge in [0, 0.05) is 5.69 Å². The van der Waals surface area contributed by atoms with Crippen LogP contribution >= 0.6 is 45.2 Å². The molecule has 6 nitrogen and oxygen atoms in total. The highest BCUT2D eigenvalue weighted by Gasteiger charge is 2.13. The van der Waals surface area contributed by atoms with Crippen molar-refractivity contribution in [2.45, 2.75) is 13.5 Å². The van der Waals surface area contributed by atoms with E-state index in [0.717, 1.165) is 18.3 Å². The SMILES string of the molecule is Cc1cccc(NC(=O)/C(C#N)=C\c2cc(I)c(OCc3ccc(C(=O)O)cc3)c(I)c2)c1. The van der Waals surface area contributed by atoms with Crippen molar-refractivity contribution in [1.82, 2.24) is 0 Å². The molecule has 0 radical (unpaired) electrons. The maximum absolute atomic E-state index is 12.6. The zero-order valence-electron chi connectivity index (χ0n) is 17.4. The second-order valence-corrected chi connectivity index (χ2v) is 9.42. The van der Waals surface area contributed by atoms with E-state index >= 15 is 0 Å². The highest BCUT2D eigenvalue weighted by Crippen LogP contribution is 2.30. The molecule has 0 aliphatic carbocycles. The van der Waals surface area contributed by atoms with Crippen molar-refractivity contribution in [2.24, 2.45) is 0 Å². The average Bonchev–Trinajstić information content (AvgIpc) is 2.77. The molecule has 0 aliphatic heterocycles. The van der Waals surface area contributed by atoms with Crippen molar-refractivity contribution in [2.75, 3.05) is 5.32 Å². The molecule has 0 heterocycles. The normalized spacial score (nSPS) is 10.9. The van der Waals surface area contributed by atoms with Crippen LogP contribution in [0.3, 0.4) is 0 Å². The molecule has 0 saturated heterocycles. The number of nitrogens with zero attached hydrogens (tertiary/aromatic N) is 1. The van der Waals surface area contributed by atoms with Crippen molar-refractivity contribution in [1.29, 1.82) is 5.26 Å². The maximum atomic E-state index is 12.6. The number of ether oxygens (including phenoxy) is 1. The lowest BCUT2D eigenvalue weighted by Crippen LogP contribution is -2.13. The Balaban J connectivity index is 1.75. The Morgan fingerprint density at radius 2 is 1.76 bits per heavy atom. The first-order chi connectivity index (χ1) is 15.8. The monoisotopic (exact) mass is 664 g/mol. The molecule has 1 amide bonds. The fourth-order valence-corrected chi connectivity index (χ4v) is 5.06. The summed E-state index contributed by atoms with van der Waals surface area (Å²) in [6.07, 6.45) is 1.55. The number of anilines is 1. The Morgan fingerprint density at radius 3 is 2.33 bits per heavy atom. The smallest absolute Gasteiger partial charge is 0.335 e. The molecule has 3 aromatic carbocycles. The Bertz CT molecular complexity index is 1260. The van der Waals surface area contributed by atoms with Crippen LogP contribution in [0.5, 0.6) is 5.75 Å². The van der Waals surface area contributed by atoms with Crippen LogP contribution in [-0.4, -0.2) is 17.0 Å². The summed E-state index contributed by atoms with van der Waals surface area (Å²) in [6, 6.07) is 19.5. The molecular weight excluding hydrogens is 646 g/mol. The number of benzene rings is 3. The molecule has 0 fully saturated rings. The number of aromatic carboxylic acids is 1. The van der Waals surface area contributed by atoms with Crippen LogP contribution in [0.15, 0.2) is 66.2 Å². The zero-order valence-corrected chi connectivity index (χ0v) is 21.7. The highest BCUT2D eigenvalue weighted by molar-refractivity contribution is 14.1. The number of amides is 1. The van der Waals surface area contributed by atoms with Crippen LogP contribution in [0.25, 0.3) is 6.08 Å². The third-order valence-corrected chi connectivity index (χ3v) is 6.16. The fraction of sp³-hybridized carbons (Fsp3) is 0.0800. The Hall–Kier alpha value is -2.91. The van der Waals surface area contributed by atoms with Gasteiger partial charge < -0.3 is 15.2 Å². The van der Waals surface area contributed by atoms with Crippen LogP contribution in [0.4, 0.5) is 5.69 Å². The summed E-state index contributed by atoms with van der Waals surface area (Å²) in [5.41, 5.74) is 3.40. The summed E-state index contributed by atoms with van der Waals surface area (Å²) in [7, 11) is 0. The molecule has 0 saturated carbocycles. The van der Waals surface area contributed by atoms with Gasteiger partial charge in [0.05, 0.1) is 12.7 Å². The maximum Gasteiger partial charge on any atom is 0.335 e. The van der Waals surface area contributed by atoms with Gasteiger partial charge in [-0.15, -0.1) is 0 Å². The number of carboxylic acid groups (broad SMARTS) is 1. The van der Waals surface area contributed by atoms with Crippen molar-refractivity contribution < 1.29 is 19.4 Å². The molecule has 2 N–H and O–H groups in total. The summed E-state index contributed by atoms with van der Waals surface area (Å²) in [6.45, 7) is 2.21. The molecule has 33 heavy (non-hydrogen) atoms. The predicted octanol–water partition coefficient (Wildman–Crippen LogP) is 6.03. The number of nitrogens with one attached hydrogen (secondary N) is 1. The first-order valence-corrected chi connectivity index (χ1v) is 11.9. The van der Waals surface area contributed by atoms with Crippen LogP contribution < -0.4 is 10.1 Å². The van der Waals surface area contributed by atoms with Gasteiger partial charge in [-0.05, 0) is 111 Å². The van der Waals surface area contributed by atoms with Crippen molar-refractivity contribution in [3.63, 3.8) is 0 Å². The summed E-state index contributed by atoms with van der Waals surface area (Å²) in [5.74, 6) is -0.767. The standard InChI is InChI=1S/C25H18I2N2O4/c1-15-3-2-4-20(9-15)29-24(30)19(13-28)10-17-11-21(26)23(22(27)12-17)33-14-16-5-7-18(8-6-16)25(31)32/h2-12H,14H2,1H3,(H,29,30)(H,31,32)/b19-10-. The molecule has 0 aliphatic rings. The number of halogens is 2. The minimum Gasteiger partial charge on any atom is -0.487 e. The zero-order chi connectivity index (χ0) is 24.0. The molecule has 0 atom stereocenters. The number of rotatable bonds is 7. The molecule has 3 rings (SSSR count). The van der Waals surface area contributed by atoms with Crippen LogP contribution in [0.1, 0.15) is 27.0 Å². The molecule has 166 valence electrons. The summed E-state index contributed by atoms with van der Waals surface area (Å²) in [5, 5.41) is 21.3.